The Labute approximate surface area is 47.9 Å². The van der Waals surface area contributed by atoms with Crippen molar-refractivity contribution in [3.8, 4) is 0 Å². The van der Waals surface area contributed by atoms with Crippen molar-refractivity contribution in [1.82, 2.24) is 4.41 Å². The molecule has 4 heteroatoms. The molecule has 0 aromatic heterocycles. The van der Waals surface area contributed by atoms with E-state index in [9.17, 15) is 0 Å². The van der Waals surface area contributed by atoms with Gasteiger partial charge in [0.1, 0.15) is 0 Å². The van der Waals surface area contributed by atoms with E-state index in [2.05, 4.69) is 10.3 Å². The third kappa shape index (κ3) is 3.58. The van der Waals surface area contributed by atoms with Crippen LogP contribution in [0.1, 0.15) is 0 Å². The number of rotatable bonds is 2. The molecule has 0 N–H and O–H groups in total. The zero-order valence-electron chi connectivity index (χ0n) is 4.75. The van der Waals surface area contributed by atoms with Crippen LogP contribution in [0.25, 0.3) is 0 Å². The highest BCUT2D eigenvalue weighted by Gasteiger charge is 1.80. The van der Waals surface area contributed by atoms with E-state index < -0.39 is 0 Å². The molecular formula is C3H9N3S. The van der Waals surface area contributed by atoms with Gasteiger partial charge in [-0.2, -0.15) is 5.11 Å². The molecule has 3 nitrogen and oxygen atoms in total. The predicted octanol–water partition coefficient (Wildman–Crippen LogP) is 1.19. The Morgan fingerprint density at radius 3 is 2.29 bits per heavy atom. The van der Waals surface area contributed by atoms with E-state index in [0.29, 0.717) is 0 Å². The fraction of sp³-hybridized carbons (Fsp3) is 1.00. The smallest absolute Gasteiger partial charge is 0.0509 e. The predicted molar refractivity (Wildman–Crippen MR) is 32.1 cm³/mol. The molecule has 0 fully saturated rings. The first-order chi connectivity index (χ1) is 3.31. The van der Waals surface area contributed by atoms with E-state index in [1.54, 1.807) is 11.5 Å². The van der Waals surface area contributed by atoms with Crippen LogP contribution >= 0.6 is 11.9 Å². The van der Waals surface area contributed by atoms with Gasteiger partial charge in [-0.05, 0) is 11.9 Å². The summed E-state index contributed by atoms with van der Waals surface area (Å²) < 4.78 is 1.68. The van der Waals surface area contributed by atoms with Gasteiger partial charge in [-0.1, -0.05) is 5.22 Å². The molecule has 0 spiro atoms. The van der Waals surface area contributed by atoms with Gasteiger partial charge in [-0.3, -0.25) is 0 Å². The first-order valence-electron chi connectivity index (χ1n) is 1.89. The molecular weight excluding hydrogens is 110 g/mol. The van der Waals surface area contributed by atoms with E-state index in [1.807, 2.05) is 13.3 Å². The monoisotopic (exact) mass is 119 g/mol. The van der Waals surface area contributed by atoms with Crippen LogP contribution in [0.2, 0.25) is 0 Å². The quantitative estimate of drug-likeness (QED) is 0.310. The molecule has 0 atom stereocenters. The molecule has 0 aliphatic heterocycles. The highest BCUT2D eigenvalue weighted by Crippen LogP contribution is 1.98. The molecule has 7 heavy (non-hydrogen) atoms. The van der Waals surface area contributed by atoms with E-state index in [0.717, 1.165) is 0 Å². The highest BCUT2D eigenvalue weighted by atomic mass is 32.2. The standard InChI is InChI=1S/C3H9N3S/c1-4-5-6(2)7-3/h1-3H3. The van der Waals surface area contributed by atoms with Crippen molar-refractivity contribution < 1.29 is 0 Å². The fourth-order valence-electron chi connectivity index (χ4n) is 0.162. The molecule has 0 amide bonds. The fourth-order valence-corrected chi connectivity index (χ4v) is 0.309. The lowest BCUT2D eigenvalue weighted by Gasteiger charge is -2.01. The van der Waals surface area contributed by atoms with Gasteiger partial charge in [-0.25, -0.2) is 4.41 Å². The van der Waals surface area contributed by atoms with Crippen molar-refractivity contribution in [3.05, 3.63) is 0 Å². The van der Waals surface area contributed by atoms with Gasteiger partial charge in [0.15, 0.2) is 0 Å². The Hall–Kier alpha value is -0.250. The van der Waals surface area contributed by atoms with Crippen LogP contribution in [0.3, 0.4) is 0 Å². The summed E-state index contributed by atoms with van der Waals surface area (Å²) in [7, 11) is 3.49. The summed E-state index contributed by atoms with van der Waals surface area (Å²) in [5.74, 6) is 0. The van der Waals surface area contributed by atoms with Crippen molar-refractivity contribution >= 4 is 11.9 Å². The molecule has 42 valence electrons. The molecule has 0 aliphatic carbocycles. The first kappa shape index (κ1) is 6.75. The number of hydrogen-bond acceptors (Lipinski definition) is 3. The third-order valence-electron chi connectivity index (χ3n) is 0.480. The lowest BCUT2D eigenvalue weighted by Crippen LogP contribution is -1.94. The van der Waals surface area contributed by atoms with Crippen LogP contribution in [0.5, 0.6) is 0 Å². The summed E-state index contributed by atoms with van der Waals surface area (Å²) in [4.78, 5) is 0. The molecule has 0 saturated heterocycles. The minimum absolute atomic E-state index is 1.52. The minimum atomic E-state index is 1.52. The summed E-state index contributed by atoms with van der Waals surface area (Å²) in [6.07, 6.45) is 1.94. The Balaban J connectivity index is 3.16. The van der Waals surface area contributed by atoms with Crippen LogP contribution in [-0.4, -0.2) is 24.8 Å². The second kappa shape index (κ2) is 3.92. The summed E-state index contributed by atoms with van der Waals surface area (Å²) >= 11 is 1.52. The molecule has 0 bridgehead atoms. The van der Waals surface area contributed by atoms with Crippen LogP contribution in [0.4, 0.5) is 0 Å². The molecule has 0 saturated carbocycles. The Kier molecular flexibility index (Phi) is 3.78. The second-order valence-electron chi connectivity index (χ2n) is 0.936. The van der Waals surface area contributed by atoms with Crippen molar-refractivity contribution in [2.75, 3.05) is 20.4 Å². The lowest BCUT2D eigenvalue weighted by molar-refractivity contribution is 0.566. The normalized spacial score (nSPS) is 10.1. The van der Waals surface area contributed by atoms with Crippen LogP contribution in [0.15, 0.2) is 10.3 Å². The average molecular weight is 119 g/mol. The Morgan fingerprint density at radius 2 is 2.14 bits per heavy atom. The Bertz CT molecular complexity index is 63.2. The SMILES string of the molecule is CN=NN(C)SC. The maximum absolute atomic E-state index is 3.66. The van der Waals surface area contributed by atoms with Gasteiger partial charge in [0.2, 0.25) is 0 Å². The number of nitrogens with zero attached hydrogens (tertiary/aromatic N) is 3. The largest absolute Gasteiger partial charge is 0.224 e. The lowest BCUT2D eigenvalue weighted by atomic mass is 11.5. The van der Waals surface area contributed by atoms with Gasteiger partial charge < -0.3 is 0 Å². The summed E-state index contributed by atoms with van der Waals surface area (Å²) in [5.41, 5.74) is 0. The summed E-state index contributed by atoms with van der Waals surface area (Å²) in [5, 5.41) is 7.20. The van der Waals surface area contributed by atoms with Gasteiger partial charge in [0.05, 0.1) is 7.05 Å². The summed E-state index contributed by atoms with van der Waals surface area (Å²) in [6, 6.07) is 0. The van der Waals surface area contributed by atoms with Crippen molar-refractivity contribution in [1.29, 1.82) is 0 Å². The molecule has 0 aliphatic rings. The molecule has 0 heterocycles. The molecule has 0 aromatic rings. The minimum Gasteiger partial charge on any atom is -0.224 e. The zero-order valence-corrected chi connectivity index (χ0v) is 5.57. The molecule has 0 unspecified atom stereocenters. The maximum Gasteiger partial charge on any atom is 0.0509 e. The number of hydrogen-bond donors (Lipinski definition) is 0. The topological polar surface area (TPSA) is 28.0 Å². The zero-order chi connectivity index (χ0) is 5.70. The van der Waals surface area contributed by atoms with E-state index >= 15 is 0 Å². The van der Waals surface area contributed by atoms with E-state index in [1.165, 1.54) is 11.9 Å². The van der Waals surface area contributed by atoms with Crippen molar-refractivity contribution in [2.45, 2.75) is 0 Å². The van der Waals surface area contributed by atoms with Crippen molar-refractivity contribution in [3.63, 3.8) is 0 Å². The van der Waals surface area contributed by atoms with Gasteiger partial charge >= 0.3 is 0 Å². The van der Waals surface area contributed by atoms with Gasteiger partial charge in [0, 0.05) is 13.3 Å². The molecule has 0 rings (SSSR count). The van der Waals surface area contributed by atoms with E-state index in [4.69, 9.17) is 0 Å². The van der Waals surface area contributed by atoms with Gasteiger partial charge in [-0.15, -0.1) is 0 Å². The third-order valence-corrected chi connectivity index (χ3v) is 1.08. The van der Waals surface area contributed by atoms with Gasteiger partial charge in [0.25, 0.3) is 0 Å². The molecule has 0 radical (unpaired) electrons. The van der Waals surface area contributed by atoms with Crippen molar-refractivity contribution in [2.24, 2.45) is 10.3 Å². The van der Waals surface area contributed by atoms with Crippen LogP contribution < -0.4 is 0 Å². The van der Waals surface area contributed by atoms with Crippen LogP contribution in [0, 0.1) is 0 Å². The van der Waals surface area contributed by atoms with E-state index in [-0.39, 0.29) is 0 Å². The maximum atomic E-state index is 3.66. The van der Waals surface area contributed by atoms with Crippen LogP contribution in [-0.2, 0) is 0 Å². The average Bonchev–Trinajstić information content (AvgIpc) is 1.68. The summed E-state index contributed by atoms with van der Waals surface area (Å²) in [6.45, 7) is 0. The molecule has 0 aromatic carbocycles. The highest BCUT2D eigenvalue weighted by molar-refractivity contribution is 7.96. The first-order valence-corrected chi connectivity index (χ1v) is 3.07. The second-order valence-corrected chi connectivity index (χ2v) is 1.83. The Morgan fingerprint density at radius 1 is 1.57 bits per heavy atom.